The van der Waals surface area contributed by atoms with Crippen LogP contribution < -0.4 is 5.32 Å². The van der Waals surface area contributed by atoms with E-state index in [0.29, 0.717) is 6.54 Å². The van der Waals surface area contributed by atoms with Crippen LogP contribution in [0.25, 0.3) is 0 Å². The first-order chi connectivity index (χ1) is 10.1. The van der Waals surface area contributed by atoms with Gasteiger partial charge in [-0.05, 0) is 48.6 Å². The highest BCUT2D eigenvalue weighted by Crippen LogP contribution is 2.32. The number of aryl methyl sites for hydroxylation is 1. The van der Waals surface area contributed by atoms with Crippen LogP contribution >= 0.6 is 0 Å². The van der Waals surface area contributed by atoms with Gasteiger partial charge in [0.15, 0.2) is 0 Å². The highest BCUT2D eigenvalue weighted by molar-refractivity contribution is 5.35. The zero-order valence-corrected chi connectivity index (χ0v) is 12.1. The smallest absolute Gasteiger partial charge is 0.123 e. The molecule has 1 aliphatic rings. The Morgan fingerprint density at radius 1 is 1.24 bits per heavy atom. The topological polar surface area (TPSA) is 32.3 Å². The van der Waals surface area contributed by atoms with Crippen molar-refractivity contribution >= 4 is 0 Å². The van der Waals surface area contributed by atoms with Gasteiger partial charge in [-0.2, -0.15) is 0 Å². The normalized spacial score (nSPS) is 20.0. The zero-order chi connectivity index (χ0) is 14.9. The Kier molecular flexibility index (Phi) is 3.79. The highest BCUT2D eigenvalue weighted by Gasteiger charge is 2.27. The molecule has 2 atom stereocenters. The van der Waals surface area contributed by atoms with E-state index in [4.69, 9.17) is 0 Å². The van der Waals surface area contributed by atoms with Crippen molar-refractivity contribution in [2.45, 2.75) is 31.4 Å². The fourth-order valence-electron chi connectivity index (χ4n) is 3.01. The summed E-state index contributed by atoms with van der Waals surface area (Å²) in [6.45, 7) is 2.24. The Balaban J connectivity index is 1.71. The van der Waals surface area contributed by atoms with Gasteiger partial charge in [0.2, 0.25) is 0 Å². The van der Waals surface area contributed by atoms with Crippen molar-refractivity contribution in [2.75, 3.05) is 6.54 Å². The molecule has 110 valence electrons. The SMILES string of the molecule is CC(O)(CNC1CCc2ccc(F)cc21)c1ccccc1. The van der Waals surface area contributed by atoms with Crippen LogP contribution in [-0.2, 0) is 12.0 Å². The Hall–Kier alpha value is -1.71. The van der Waals surface area contributed by atoms with E-state index >= 15 is 0 Å². The van der Waals surface area contributed by atoms with Crippen LogP contribution in [0.3, 0.4) is 0 Å². The van der Waals surface area contributed by atoms with Crippen molar-refractivity contribution in [1.82, 2.24) is 5.32 Å². The first-order valence-electron chi connectivity index (χ1n) is 7.36. The van der Waals surface area contributed by atoms with Gasteiger partial charge < -0.3 is 10.4 Å². The van der Waals surface area contributed by atoms with Crippen molar-refractivity contribution in [3.05, 3.63) is 71.0 Å². The first-order valence-corrected chi connectivity index (χ1v) is 7.36. The fraction of sp³-hybridized carbons (Fsp3) is 0.333. The molecule has 2 unspecified atom stereocenters. The van der Waals surface area contributed by atoms with Gasteiger partial charge in [0, 0.05) is 12.6 Å². The van der Waals surface area contributed by atoms with Crippen molar-refractivity contribution in [2.24, 2.45) is 0 Å². The standard InChI is InChI=1S/C18H20FNO/c1-18(21,14-5-3-2-4-6-14)12-20-17-10-8-13-7-9-15(19)11-16(13)17/h2-7,9,11,17,20-21H,8,10,12H2,1H3. The number of nitrogens with one attached hydrogen (secondary N) is 1. The zero-order valence-electron chi connectivity index (χ0n) is 12.1. The van der Waals surface area contributed by atoms with E-state index in [9.17, 15) is 9.50 Å². The Morgan fingerprint density at radius 2 is 2.00 bits per heavy atom. The van der Waals surface area contributed by atoms with Gasteiger partial charge >= 0.3 is 0 Å². The molecular formula is C18H20FNO. The number of fused-ring (bicyclic) bond motifs is 1. The second-order valence-electron chi connectivity index (χ2n) is 5.96. The second-order valence-corrected chi connectivity index (χ2v) is 5.96. The number of hydrogen-bond donors (Lipinski definition) is 2. The molecule has 0 radical (unpaired) electrons. The number of halogens is 1. The number of hydrogen-bond acceptors (Lipinski definition) is 2. The van der Waals surface area contributed by atoms with Crippen molar-refractivity contribution < 1.29 is 9.50 Å². The molecule has 1 aliphatic carbocycles. The van der Waals surface area contributed by atoms with Crippen molar-refractivity contribution in [1.29, 1.82) is 0 Å². The van der Waals surface area contributed by atoms with Crippen LogP contribution in [-0.4, -0.2) is 11.7 Å². The van der Waals surface area contributed by atoms with Crippen LogP contribution in [0.1, 0.15) is 36.1 Å². The second kappa shape index (κ2) is 5.58. The van der Waals surface area contributed by atoms with E-state index in [0.717, 1.165) is 24.0 Å². The van der Waals surface area contributed by atoms with E-state index in [2.05, 4.69) is 5.32 Å². The third kappa shape index (κ3) is 2.99. The van der Waals surface area contributed by atoms with E-state index in [-0.39, 0.29) is 11.9 Å². The maximum absolute atomic E-state index is 13.4. The monoisotopic (exact) mass is 285 g/mol. The number of benzene rings is 2. The molecule has 2 nitrogen and oxygen atoms in total. The third-order valence-electron chi connectivity index (χ3n) is 4.27. The number of rotatable bonds is 4. The predicted octanol–water partition coefficient (Wildman–Crippen LogP) is 3.31. The van der Waals surface area contributed by atoms with Crippen LogP contribution in [0.15, 0.2) is 48.5 Å². The molecule has 0 saturated heterocycles. The minimum Gasteiger partial charge on any atom is -0.384 e. The van der Waals surface area contributed by atoms with E-state index in [1.807, 2.05) is 36.4 Å². The molecular weight excluding hydrogens is 265 g/mol. The maximum atomic E-state index is 13.4. The highest BCUT2D eigenvalue weighted by atomic mass is 19.1. The summed E-state index contributed by atoms with van der Waals surface area (Å²) in [5, 5.41) is 14.0. The Bertz CT molecular complexity index is 624. The lowest BCUT2D eigenvalue weighted by Crippen LogP contribution is -2.36. The van der Waals surface area contributed by atoms with Crippen LogP contribution in [0, 0.1) is 5.82 Å². The summed E-state index contributed by atoms with van der Waals surface area (Å²) in [4.78, 5) is 0. The molecule has 0 amide bonds. The van der Waals surface area contributed by atoms with Crippen molar-refractivity contribution in [3.8, 4) is 0 Å². The summed E-state index contributed by atoms with van der Waals surface area (Å²) in [5.74, 6) is -0.197. The molecule has 3 rings (SSSR count). The third-order valence-corrected chi connectivity index (χ3v) is 4.27. The molecule has 2 N–H and O–H groups in total. The summed E-state index contributed by atoms with van der Waals surface area (Å²) in [6, 6.07) is 14.7. The molecule has 21 heavy (non-hydrogen) atoms. The lowest BCUT2D eigenvalue weighted by atomic mass is 9.95. The molecule has 0 heterocycles. The van der Waals surface area contributed by atoms with Gasteiger partial charge in [-0.15, -0.1) is 0 Å². The van der Waals surface area contributed by atoms with Crippen LogP contribution in [0.2, 0.25) is 0 Å². The average molecular weight is 285 g/mol. The summed E-state index contributed by atoms with van der Waals surface area (Å²) in [6.07, 6.45) is 1.91. The molecule has 0 bridgehead atoms. The van der Waals surface area contributed by atoms with Gasteiger partial charge in [0.05, 0.1) is 5.60 Å². The van der Waals surface area contributed by atoms with E-state index < -0.39 is 5.60 Å². The van der Waals surface area contributed by atoms with Gasteiger partial charge in [-0.3, -0.25) is 0 Å². The van der Waals surface area contributed by atoms with Gasteiger partial charge in [-0.25, -0.2) is 4.39 Å². The minimum atomic E-state index is -0.933. The Morgan fingerprint density at radius 3 is 2.76 bits per heavy atom. The molecule has 0 saturated carbocycles. The van der Waals surface area contributed by atoms with E-state index in [1.165, 1.54) is 11.6 Å². The molecule has 2 aromatic carbocycles. The summed E-state index contributed by atoms with van der Waals surface area (Å²) < 4.78 is 13.4. The first kappa shape index (κ1) is 14.2. The maximum Gasteiger partial charge on any atom is 0.123 e. The molecule has 3 heteroatoms. The van der Waals surface area contributed by atoms with E-state index in [1.54, 1.807) is 13.0 Å². The molecule has 0 fully saturated rings. The van der Waals surface area contributed by atoms with Crippen LogP contribution in [0.4, 0.5) is 4.39 Å². The largest absolute Gasteiger partial charge is 0.384 e. The molecule has 0 aromatic heterocycles. The molecule has 0 aliphatic heterocycles. The summed E-state index contributed by atoms with van der Waals surface area (Å²) in [7, 11) is 0. The van der Waals surface area contributed by atoms with Crippen molar-refractivity contribution in [3.63, 3.8) is 0 Å². The average Bonchev–Trinajstić information content (AvgIpc) is 2.88. The van der Waals surface area contributed by atoms with Gasteiger partial charge in [0.1, 0.15) is 5.82 Å². The summed E-state index contributed by atoms with van der Waals surface area (Å²) in [5.41, 5.74) is 2.18. The number of aliphatic hydroxyl groups is 1. The minimum absolute atomic E-state index is 0.117. The summed E-state index contributed by atoms with van der Waals surface area (Å²) >= 11 is 0. The molecule has 0 spiro atoms. The lowest BCUT2D eigenvalue weighted by molar-refractivity contribution is 0.0538. The van der Waals surface area contributed by atoms with Gasteiger partial charge in [-0.1, -0.05) is 36.4 Å². The quantitative estimate of drug-likeness (QED) is 0.903. The lowest BCUT2D eigenvalue weighted by Gasteiger charge is -2.26. The van der Waals surface area contributed by atoms with Crippen LogP contribution in [0.5, 0.6) is 0 Å². The van der Waals surface area contributed by atoms with Gasteiger partial charge in [0.25, 0.3) is 0 Å². The fourth-order valence-corrected chi connectivity index (χ4v) is 3.01. The molecule has 2 aromatic rings. The Labute approximate surface area is 124 Å². The predicted molar refractivity (Wildman–Crippen MR) is 81.5 cm³/mol.